The zero-order valence-electron chi connectivity index (χ0n) is 12.4. The lowest BCUT2D eigenvalue weighted by atomic mass is 10.1. The Morgan fingerprint density at radius 2 is 2.17 bits per heavy atom. The number of piperidine rings is 1. The van der Waals surface area contributed by atoms with E-state index >= 15 is 0 Å². The summed E-state index contributed by atoms with van der Waals surface area (Å²) in [5, 5.41) is 14.8. The van der Waals surface area contributed by atoms with Crippen molar-refractivity contribution in [2.45, 2.75) is 18.9 Å². The smallest absolute Gasteiger partial charge is 0.226 e. The summed E-state index contributed by atoms with van der Waals surface area (Å²) in [6.45, 7) is 1.47. The highest BCUT2D eigenvalue weighted by atomic mass is 32.1. The van der Waals surface area contributed by atoms with Gasteiger partial charge in [-0.3, -0.25) is 0 Å². The molecular formula is C16H16N4OS2. The van der Waals surface area contributed by atoms with Gasteiger partial charge in [0.2, 0.25) is 5.95 Å². The van der Waals surface area contributed by atoms with Gasteiger partial charge in [-0.25, -0.2) is 15.0 Å². The van der Waals surface area contributed by atoms with E-state index in [-0.39, 0.29) is 6.10 Å². The molecule has 0 bridgehead atoms. The van der Waals surface area contributed by atoms with Crippen LogP contribution >= 0.6 is 22.7 Å². The number of anilines is 1. The molecule has 118 valence electrons. The van der Waals surface area contributed by atoms with E-state index in [1.807, 2.05) is 17.6 Å². The summed E-state index contributed by atoms with van der Waals surface area (Å²) in [6.07, 6.45) is 5.19. The van der Waals surface area contributed by atoms with Gasteiger partial charge in [0.15, 0.2) is 0 Å². The van der Waals surface area contributed by atoms with Crippen LogP contribution < -0.4 is 4.90 Å². The largest absolute Gasteiger partial charge is 0.391 e. The van der Waals surface area contributed by atoms with Gasteiger partial charge < -0.3 is 10.0 Å². The van der Waals surface area contributed by atoms with E-state index in [2.05, 4.69) is 26.3 Å². The Morgan fingerprint density at radius 1 is 1.22 bits per heavy atom. The molecule has 1 saturated heterocycles. The molecular weight excluding hydrogens is 328 g/mol. The Bertz CT molecular complexity index is 773. The van der Waals surface area contributed by atoms with Crippen LogP contribution in [-0.2, 0) is 0 Å². The molecule has 1 atom stereocenters. The van der Waals surface area contributed by atoms with Crippen LogP contribution in [0.2, 0.25) is 0 Å². The lowest BCUT2D eigenvalue weighted by molar-refractivity contribution is 0.153. The quantitative estimate of drug-likeness (QED) is 0.790. The SMILES string of the molecule is O[C@@H]1CCCN(c2ncc(-c3cccs3)c(-c3nccs3)n2)C1. The van der Waals surface area contributed by atoms with Crippen molar-refractivity contribution in [2.75, 3.05) is 18.0 Å². The van der Waals surface area contributed by atoms with E-state index in [0.717, 1.165) is 40.5 Å². The van der Waals surface area contributed by atoms with Crippen LogP contribution in [0.5, 0.6) is 0 Å². The molecule has 4 heterocycles. The maximum atomic E-state index is 9.89. The molecule has 0 amide bonds. The van der Waals surface area contributed by atoms with Crippen LogP contribution in [0.25, 0.3) is 21.1 Å². The number of aliphatic hydroxyl groups is 1. The number of hydrogen-bond donors (Lipinski definition) is 1. The van der Waals surface area contributed by atoms with Gasteiger partial charge in [0.05, 0.1) is 6.10 Å². The van der Waals surface area contributed by atoms with Gasteiger partial charge in [-0.1, -0.05) is 6.07 Å². The van der Waals surface area contributed by atoms with Gasteiger partial charge in [0, 0.05) is 41.3 Å². The Morgan fingerprint density at radius 3 is 2.91 bits per heavy atom. The molecule has 0 saturated carbocycles. The minimum atomic E-state index is -0.298. The fraction of sp³-hybridized carbons (Fsp3) is 0.312. The molecule has 4 rings (SSSR count). The first kappa shape index (κ1) is 14.7. The summed E-state index contributed by atoms with van der Waals surface area (Å²) in [6, 6.07) is 4.10. The first-order chi connectivity index (χ1) is 11.3. The lowest BCUT2D eigenvalue weighted by Gasteiger charge is -2.30. The fourth-order valence-corrected chi connectivity index (χ4v) is 4.15. The lowest BCUT2D eigenvalue weighted by Crippen LogP contribution is -2.39. The number of thiazole rings is 1. The number of hydrogen-bond acceptors (Lipinski definition) is 7. The summed E-state index contributed by atoms with van der Waals surface area (Å²) < 4.78 is 0. The van der Waals surface area contributed by atoms with E-state index in [1.54, 1.807) is 28.9 Å². The summed E-state index contributed by atoms with van der Waals surface area (Å²) in [5.74, 6) is 0.675. The van der Waals surface area contributed by atoms with Gasteiger partial charge in [0.1, 0.15) is 10.7 Å². The summed E-state index contributed by atoms with van der Waals surface area (Å²) >= 11 is 3.25. The molecule has 1 N–H and O–H groups in total. The Balaban J connectivity index is 1.77. The standard InChI is InChI=1S/C16H16N4OS2/c21-11-3-1-6-20(10-11)16-18-9-12(13-4-2-7-22-13)14(19-16)15-17-5-8-23-15/h2,4-5,7-9,11,21H,1,3,6,10H2/t11-/m1/s1. The second kappa shape index (κ2) is 6.35. The van der Waals surface area contributed by atoms with Crippen molar-refractivity contribution in [2.24, 2.45) is 0 Å². The van der Waals surface area contributed by atoms with Crippen LogP contribution in [0.3, 0.4) is 0 Å². The van der Waals surface area contributed by atoms with Crippen LogP contribution in [0, 0.1) is 0 Å². The molecule has 23 heavy (non-hydrogen) atoms. The third kappa shape index (κ3) is 2.99. The highest BCUT2D eigenvalue weighted by Gasteiger charge is 2.22. The second-order valence-electron chi connectivity index (χ2n) is 5.49. The van der Waals surface area contributed by atoms with Crippen molar-refractivity contribution in [3.8, 4) is 21.1 Å². The summed E-state index contributed by atoms with van der Waals surface area (Å²) in [4.78, 5) is 17.0. The molecule has 0 aromatic carbocycles. The van der Waals surface area contributed by atoms with Gasteiger partial charge in [0.25, 0.3) is 0 Å². The Labute approximate surface area is 142 Å². The second-order valence-corrected chi connectivity index (χ2v) is 7.33. The van der Waals surface area contributed by atoms with Crippen molar-refractivity contribution >= 4 is 28.6 Å². The monoisotopic (exact) mass is 344 g/mol. The normalized spacial score (nSPS) is 18.3. The highest BCUT2D eigenvalue weighted by Crippen LogP contribution is 2.35. The molecule has 0 spiro atoms. The first-order valence-electron chi connectivity index (χ1n) is 7.55. The molecule has 1 aliphatic rings. The van der Waals surface area contributed by atoms with E-state index in [1.165, 1.54) is 0 Å². The van der Waals surface area contributed by atoms with Crippen molar-refractivity contribution in [1.82, 2.24) is 15.0 Å². The molecule has 3 aromatic rings. The number of aromatic nitrogens is 3. The number of aliphatic hydroxyl groups excluding tert-OH is 1. The maximum absolute atomic E-state index is 9.89. The van der Waals surface area contributed by atoms with Gasteiger partial charge in [-0.2, -0.15) is 0 Å². The molecule has 7 heteroatoms. The summed E-state index contributed by atoms with van der Waals surface area (Å²) in [5.41, 5.74) is 1.88. The first-order valence-corrected chi connectivity index (χ1v) is 9.31. The van der Waals surface area contributed by atoms with Gasteiger partial charge in [-0.15, -0.1) is 22.7 Å². The Hall–Kier alpha value is -1.83. The minimum Gasteiger partial charge on any atom is -0.391 e. The third-order valence-corrected chi connectivity index (χ3v) is 5.56. The van der Waals surface area contributed by atoms with Crippen LogP contribution in [0.1, 0.15) is 12.8 Å². The van der Waals surface area contributed by atoms with Gasteiger partial charge >= 0.3 is 0 Å². The number of β-amino-alcohol motifs (C(OH)–C–C–N with tert-alkyl or cyclic N) is 1. The number of thiophene rings is 1. The van der Waals surface area contributed by atoms with Crippen LogP contribution in [-0.4, -0.2) is 39.3 Å². The maximum Gasteiger partial charge on any atom is 0.226 e. The zero-order valence-corrected chi connectivity index (χ0v) is 14.1. The Kier molecular flexibility index (Phi) is 4.07. The molecule has 1 aliphatic heterocycles. The summed E-state index contributed by atoms with van der Waals surface area (Å²) in [7, 11) is 0. The molecule has 0 unspecified atom stereocenters. The number of nitrogens with zero attached hydrogens (tertiary/aromatic N) is 4. The molecule has 0 aliphatic carbocycles. The van der Waals surface area contributed by atoms with Gasteiger partial charge in [-0.05, 0) is 24.3 Å². The van der Waals surface area contributed by atoms with Crippen molar-refractivity contribution in [3.05, 3.63) is 35.3 Å². The topological polar surface area (TPSA) is 62.1 Å². The number of rotatable bonds is 3. The molecule has 3 aromatic heterocycles. The predicted molar refractivity (Wildman–Crippen MR) is 93.9 cm³/mol. The fourth-order valence-electron chi connectivity index (χ4n) is 2.78. The third-order valence-electron chi connectivity index (χ3n) is 3.88. The average molecular weight is 344 g/mol. The predicted octanol–water partition coefficient (Wildman–Crippen LogP) is 3.29. The van der Waals surface area contributed by atoms with Crippen LogP contribution in [0.4, 0.5) is 5.95 Å². The van der Waals surface area contributed by atoms with E-state index in [4.69, 9.17) is 4.98 Å². The van der Waals surface area contributed by atoms with Crippen LogP contribution in [0.15, 0.2) is 35.3 Å². The average Bonchev–Trinajstić information content (AvgIpc) is 3.28. The highest BCUT2D eigenvalue weighted by molar-refractivity contribution is 7.14. The zero-order chi connectivity index (χ0) is 15.6. The minimum absolute atomic E-state index is 0.298. The van der Waals surface area contributed by atoms with E-state index < -0.39 is 0 Å². The van der Waals surface area contributed by atoms with Crippen molar-refractivity contribution in [3.63, 3.8) is 0 Å². The molecule has 0 radical (unpaired) electrons. The molecule has 1 fully saturated rings. The van der Waals surface area contributed by atoms with E-state index in [9.17, 15) is 5.11 Å². The van der Waals surface area contributed by atoms with Crippen molar-refractivity contribution < 1.29 is 5.11 Å². The van der Waals surface area contributed by atoms with E-state index in [0.29, 0.717) is 12.5 Å². The molecule has 5 nitrogen and oxygen atoms in total. The van der Waals surface area contributed by atoms with Crippen molar-refractivity contribution in [1.29, 1.82) is 0 Å².